The second-order valence-electron chi connectivity index (χ2n) is 2.54. The third-order valence-corrected chi connectivity index (χ3v) is 2.44. The summed E-state index contributed by atoms with van der Waals surface area (Å²) in [5, 5.41) is 8.47. The van der Waals surface area contributed by atoms with Crippen molar-refractivity contribution in [3.8, 4) is 0 Å². The Balaban J connectivity index is 0. The van der Waals surface area contributed by atoms with Crippen LogP contribution in [0.4, 0.5) is 12.9 Å². The number of hydrogen-bond acceptors (Lipinski definition) is 2. The fourth-order valence-electron chi connectivity index (χ4n) is 0.456. The van der Waals surface area contributed by atoms with Crippen LogP contribution in [0.2, 0.25) is 0 Å². The number of aliphatic hydroxyl groups is 1. The normalized spacial score (nSPS) is 13.8. The number of halogens is 3. The molecule has 0 aromatic rings. The molecule has 0 saturated heterocycles. The molecule has 68 valence electrons. The van der Waals surface area contributed by atoms with E-state index in [2.05, 4.69) is 0 Å². The van der Waals surface area contributed by atoms with Crippen molar-refractivity contribution in [1.29, 1.82) is 0 Å². The van der Waals surface area contributed by atoms with E-state index in [1.54, 1.807) is 6.92 Å². The predicted molar refractivity (Wildman–Crippen MR) is 42.7 cm³/mol. The molecule has 1 N–H and O–H groups in total. The summed E-state index contributed by atoms with van der Waals surface area (Å²) in [7, 11) is 0. The molecule has 0 heterocycles. The minimum atomic E-state index is -4.66. The second kappa shape index (κ2) is 8.14. The van der Waals surface area contributed by atoms with Gasteiger partial charge in [-0.2, -0.15) is 11.8 Å². The van der Waals surface area contributed by atoms with Crippen molar-refractivity contribution in [2.75, 3.05) is 18.0 Å². The van der Waals surface area contributed by atoms with Crippen molar-refractivity contribution in [3.05, 3.63) is 0 Å². The van der Waals surface area contributed by atoms with E-state index in [9.17, 15) is 12.9 Å². The van der Waals surface area contributed by atoms with Crippen molar-refractivity contribution in [2.45, 2.75) is 6.92 Å². The maximum Gasteiger partial charge on any atom is 1.00 e. The zero-order valence-electron chi connectivity index (χ0n) is 7.27. The van der Waals surface area contributed by atoms with Gasteiger partial charge in [-0.1, -0.05) is 6.92 Å². The Morgan fingerprint density at radius 2 is 1.92 bits per heavy atom. The Morgan fingerprint density at radius 1 is 1.42 bits per heavy atom. The Kier molecular flexibility index (Phi) is 11.0. The number of aliphatic hydroxyl groups excluding tert-OH is 1. The third-order valence-electron chi connectivity index (χ3n) is 1.02. The van der Waals surface area contributed by atoms with Crippen LogP contribution in [0.25, 0.3) is 0 Å². The van der Waals surface area contributed by atoms with E-state index in [1.165, 1.54) is 0 Å². The van der Waals surface area contributed by atoms with Crippen LogP contribution in [0.15, 0.2) is 0 Å². The fourth-order valence-corrected chi connectivity index (χ4v) is 1.37. The average Bonchev–Trinajstić information content (AvgIpc) is 1.85. The van der Waals surface area contributed by atoms with Gasteiger partial charge in [0.05, 0.1) is 0 Å². The van der Waals surface area contributed by atoms with Gasteiger partial charge in [0.2, 0.25) is 0 Å². The van der Waals surface area contributed by atoms with Crippen LogP contribution in [0.5, 0.6) is 0 Å². The van der Waals surface area contributed by atoms with Crippen molar-refractivity contribution in [1.82, 2.24) is 0 Å². The summed E-state index contributed by atoms with van der Waals surface area (Å²) < 4.78 is 34.8. The molecule has 0 aliphatic heterocycles. The summed E-state index contributed by atoms with van der Waals surface area (Å²) >= 11 is 0.836. The van der Waals surface area contributed by atoms with Gasteiger partial charge in [0.15, 0.2) is 0 Å². The summed E-state index contributed by atoms with van der Waals surface area (Å²) in [5.74, 6) is 0.329. The van der Waals surface area contributed by atoms with Crippen molar-refractivity contribution in [2.24, 2.45) is 5.92 Å². The zero-order valence-corrected chi connectivity index (χ0v) is 11.2. The van der Waals surface area contributed by atoms with Gasteiger partial charge in [-0.25, -0.2) is 0 Å². The molecular weight excluding hydrogens is 215 g/mol. The molecule has 1 atom stereocenters. The quantitative estimate of drug-likeness (QED) is 0.590. The molecule has 12 heavy (non-hydrogen) atoms. The first kappa shape index (κ1) is 16.2. The van der Waals surface area contributed by atoms with Crippen LogP contribution in [0.3, 0.4) is 0 Å². The number of hydrogen-bond donors (Lipinski definition) is 1. The first-order valence-electron chi connectivity index (χ1n) is 3.35. The van der Waals surface area contributed by atoms with Gasteiger partial charge in [0.1, 0.15) is 0 Å². The molecule has 0 fully saturated rings. The summed E-state index contributed by atoms with van der Waals surface area (Å²) in [6, 6.07) is 0. The number of thioether (sulfide) groups is 1. The predicted octanol–water partition coefficient (Wildman–Crippen LogP) is -1.26. The molecule has 0 rings (SSSR count). The smallest absolute Gasteiger partial charge is 0.448 e. The summed E-state index contributed by atoms with van der Waals surface area (Å²) in [5.41, 5.74) is -0.760. The van der Waals surface area contributed by atoms with Crippen molar-refractivity contribution >= 4 is 18.7 Å². The molecule has 7 heteroatoms. The van der Waals surface area contributed by atoms with Crippen LogP contribution < -0.4 is 51.4 Å². The molecule has 0 saturated carbocycles. The van der Waals surface area contributed by atoms with E-state index < -0.39 is 12.6 Å². The Morgan fingerprint density at radius 3 is 2.25 bits per heavy atom. The maximum absolute atomic E-state index is 11.6. The van der Waals surface area contributed by atoms with E-state index >= 15 is 0 Å². The van der Waals surface area contributed by atoms with Crippen LogP contribution in [-0.2, 0) is 0 Å². The summed E-state index contributed by atoms with van der Waals surface area (Å²) in [6.07, 6.45) is 0. The topological polar surface area (TPSA) is 20.2 Å². The first-order valence-corrected chi connectivity index (χ1v) is 4.51. The minimum absolute atomic E-state index is 0. The molecule has 1 unspecified atom stereocenters. The van der Waals surface area contributed by atoms with E-state index in [0.29, 0.717) is 5.75 Å². The van der Waals surface area contributed by atoms with Gasteiger partial charge >= 0.3 is 58.4 Å². The van der Waals surface area contributed by atoms with Crippen LogP contribution in [0, 0.1) is 5.92 Å². The van der Waals surface area contributed by atoms with Gasteiger partial charge < -0.3 is 18.1 Å². The Bertz CT molecular complexity index is 113. The third kappa shape index (κ3) is 11.8. The average molecular weight is 226 g/mol. The monoisotopic (exact) mass is 226 g/mol. The minimum Gasteiger partial charge on any atom is -0.448 e. The molecular formula is C5H11BF3KOS. The molecule has 0 bridgehead atoms. The van der Waals surface area contributed by atoms with Gasteiger partial charge in [0, 0.05) is 6.61 Å². The molecule has 0 aliphatic carbocycles. The largest absolute Gasteiger partial charge is 1.00 e. The number of rotatable bonds is 5. The van der Waals surface area contributed by atoms with Crippen LogP contribution >= 0.6 is 11.8 Å². The molecule has 0 spiro atoms. The fraction of sp³-hybridized carbons (Fsp3) is 1.00. The van der Waals surface area contributed by atoms with Gasteiger partial charge in [-0.3, -0.25) is 0 Å². The van der Waals surface area contributed by atoms with E-state index in [0.717, 1.165) is 11.8 Å². The summed E-state index contributed by atoms with van der Waals surface area (Å²) in [4.78, 5) is 0. The maximum atomic E-state index is 11.6. The Hall–Kier alpha value is 1.80. The van der Waals surface area contributed by atoms with Gasteiger partial charge in [0.25, 0.3) is 0 Å². The standard InChI is InChI=1S/C5H11BF3OS.K/c1-5(2-10)3-11-4-6(7,8)9;/h5,10H,2-4H2,1H3;/q-1;+1. The van der Waals surface area contributed by atoms with Crippen LogP contribution in [-0.4, -0.2) is 30.1 Å². The Labute approximate surface area is 117 Å². The van der Waals surface area contributed by atoms with Gasteiger partial charge in [-0.05, 0) is 17.3 Å². The van der Waals surface area contributed by atoms with Crippen LogP contribution in [0.1, 0.15) is 6.92 Å². The molecule has 0 aliphatic rings. The molecule has 0 aromatic heterocycles. The second-order valence-corrected chi connectivity index (χ2v) is 3.61. The van der Waals surface area contributed by atoms with Crippen molar-refractivity contribution < 1.29 is 69.4 Å². The molecule has 1 nitrogen and oxygen atoms in total. The van der Waals surface area contributed by atoms with Gasteiger partial charge in [-0.15, -0.1) is 0 Å². The first-order chi connectivity index (χ1) is 4.95. The van der Waals surface area contributed by atoms with E-state index in [1.807, 2.05) is 0 Å². The molecule has 0 amide bonds. The SMILES string of the molecule is CC(CO)CSC[B-](F)(F)F.[K+]. The molecule has 0 radical (unpaired) electrons. The zero-order chi connectivity index (χ0) is 8.91. The molecule has 0 aromatic carbocycles. The van der Waals surface area contributed by atoms with E-state index in [-0.39, 0.29) is 63.9 Å². The van der Waals surface area contributed by atoms with E-state index in [4.69, 9.17) is 5.11 Å². The van der Waals surface area contributed by atoms with Crippen molar-refractivity contribution in [3.63, 3.8) is 0 Å². The summed E-state index contributed by atoms with van der Waals surface area (Å²) in [6.45, 7) is -2.98.